The molecule has 3 heterocycles. The number of rotatable bonds is 5. The van der Waals surface area contributed by atoms with E-state index < -0.39 is 0 Å². The summed E-state index contributed by atoms with van der Waals surface area (Å²) in [4.78, 5) is 27.4. The van der Waals surface area contributed by atoms with Crippen molar-refractivity contribution in [2.45, 2.75) is 70.6 Å². The Labute approximate surface area is 170 Å². The molecule has 4 rings (SSSR count). The van der Waals surface area contributed by atoms with Crippen LogP contribution in [0.4, 0.5) is 4.39 Å². The number of aromatic nitrogens is 2. The van der Waals surface area contributed by atoms with Crippen LogP contribution < -0.4 is 5.32 Å². The topological polar surface area (TPSA) is 67.2 Å². The van der Waals surface area contributed by atoms with Gasteiger partial charge in [-0.3, -0.25) is 14.3 Å². The number of benzene rings is 1. The third-order valence-electron chi connectivity index (χ3n) is 6.10. The normalized spacial score (nSPS) is 23.3. The maximum absolute atomic E-state index is 13.1. The molecule has 3 atom stereocenters. The smallest absolute Gasteiger partial charge is 0.251 e. The minimum Gasteiger partial charge on any atom is -0.349 e. The van der Waals surface area contributed by atoms with Crippen LogP contribution in [0.5, 0.6) is 0 Å². The zero-order valence-electron chi connectivity index (χ0n) is 16.9. The van der Waals surface area contributed by atoms with E-state index >= 15 is 0 Å². The molecule has 2 amide bonds. The van der Waals surface area contributed by atoms with Crippen molar-refractivity contribution >= 4 is 11.8 Å². The summed E-state index contributed by atoms with van der Waals surface area (Å²) in [7, 11) is 0. The second-order valence-electron chi connectivity index (χ2n) is 8.23. The molecule has 6 nitrogen and oxygen atoms in total. The van der Waals surface area contributed by atoms with Gasteiger partial charge >= 0.3 is 0 Å². The molecule has 2 aliphatic heterocycles. The van der Waals surface area contributed by atoms with Crippen LogP contribution >= 0.6 is 0 Å². The molecule has 29 heavy (non-hydrogen) atoms. The monoisotopic (exact) mass is 398 g/mol. The summed E-state index contributed by atoms with van der Waals surface area (Å²) in [5, 5.41) is 7.50. The Morgan fingerprint density at radius 1 is 1.14 bits per heavy atom. The molecule has 7 heteroatoms. The number of hydrogen-bond acceptors (Lipinski definition) is 3. The van der Waals surface area contributed by atoms with Gasteiger partial charge in [-0.25, -0.2) is 4.39 Å². The van der Waals surface area contributed by atoms with Crippen LogP contribution in [0.3, 0.4) is 0 Å². The maximum Gasteiger partial charge on any atom is 0.251 e. The number of nitrogens with zero attached hydrogens (tertiary/aromatic N) is 3. The number of halogens is 1. The Hall–Kier alpha value is -2.70. The highest BCUT2D eigenvalue weighted by Crippen LogP contribution is 2.36. The van der Waals surface area contributed by atoms with Crippen molar-refractivity contribution in [2.24, 2.45) is 0 Å². The van der Waals surface area contributed by atoms with E-state index in [-0.39, 0.29) is 35.8 Å². The van der Waals surface area contributed by atoms with Gasteiger partial charge in [0.1, 0.15) is 5.82 Å². The van der Waals surface area contributed by atoms with Crippen LogP contribution in [0.25, 0.3) is 0 Å². The lowest BCUT2D eigenvalue weighted by atomic mass is 9.96. The highest BCUT2D eigenvalue weighted by molar-refractivity contribution is 5.94. The van der Waals surface area contributed by atoms with E-state index in [1.54, 1.807) is 0 Å². The molecule has 0 spiro atoms. The molecule has 1 aromatic carbocycles. The Kier molecular flexibility index (Phi) is 5.39. The first kappa shape index (κ1) is 19.6. The van der Waals surface area contributed by atoms with E-state index in [0.717, 1.165) is 37.1 Å². The quantitative estimate of drug-likeness (QED) is 0.842. The van der Waals surface area contributed by atoms with E-state index in [2.05, 4.69) is 10.4 Å². The SMILES string of the molecule is Cc1cc(C)n(CCC(=O)N2[C@@H]3CC[C@H]2CC(NC(=O)c2ccc(F)cc2)C3)n1. The summed E-state index contributed by atoms with van der Waals surface area (Å²) in [5.41, 5.74) is 2.50. The molecule has 2 saturated heterocycles. The highest BCUT2D eigenvalue weighted by atomic mass is 19.1. The van der Waals surface area contributed by atoms with E-state index in [1.165, 1.54) is 24.3 Å². The van der Waals surface area contributed by atoms with E-state index in [9.17, 15) is 14.0 Å². The van der Waals surface area contributed by atoms with E-state index in [0.29, 0.717) is 18.5 Å². The number of hydrogen-bond donors (Lipinski definition) is 1. The average molecular weight is 398 g/mol. The number of piperidine rings is 1. The van der Waals surface area contributed by atoms with E-state index in [1.807, 2.05) is 29.5 Å². The first-order valence-electron chi connectivity index (χ1n) is 10.3. The summed E-state index contributed by atoms with van der Waals surface area (Å²) in [6, 6.07) is 8.01. The summed E-state index contributed by atoms with van der Waals surface area (Å²) in [6.45, 7) is 4.55. The zero-order valence-corrected chi connectivity index (χ0v) is 16.9. The first-order chi connectivity index (χ1) is 13.9. The van der Waals surface area contributed by atoms with Crippen LogP contribution in [0, 0.1) is 19.7 Å². The average Bonchev–Trinajstić information content (AvgIpc) is 3.15. The molecule has 2 aromatic rings. The van der Waals surface area contributed by atoms with Crippen molar-refractivity contribution in [3.05, 3.63) is 53.1 Å². The molecule has 1 aromatic heterocycles. The van der Waals surface area contributed by atoms with Gasteiger partial charge in [0.15, 0.2) is 0 Å². The molecule has 2 aliphatic rings. The molecule has 1 unspecified atom stereocenters. The van der Waals surface area contributed by atoms with Crippen LogP contribution in [-0.2, 0) is 11.3 Å². The fourth-order valence-corrected chi connectivity index (χ4v) is 4.80. The van der Waals surface area contributed by atoms with Crippen molar-refractivity contribution in [3.8, 4) is 0 Å². The van der Waals surface area contributed by atoms with Crippen molar-refractivity contribution in [1.29, 1.82) is 0 Å². The van der Waals surface area contributed by atoms with E-state index in [4.69, 9.17) is 0 Å². The predicted molar refractivity (Wildman–Crippen MR) is 107 cm³/mol. The predicted octanol–water partition coefficient (Wildman–Crippen LogP) is 2.98. The van der Waals surface area contributed by atoms with Gasteiger partial charge in [-0.1, -0.05) is 0 Å². The van der Waals surface area contributed by atoms with Crippen molar-refractivity contribution in [2.75, 3.05) is 0 Å². The number of amides is 2. The van der Waals surface area contributed by atoms with Gasteiger partial charge in [-0.15, -0.1) is 0 Å². The maximum atomic E-state index is 13.1. The molecule has 2 fully saturated rings. The molecule has 154 valence electrons. The minimum absolute atomic E-state index is 0.0464. The second-order valence-corrected chi connectivity index (χ2v) is 8.23. The number of nitrogens with one attached hydrogen (secondary N) is 1. The molecule has 0 saturated carbocycles. The molecular weight excluding hydrogens is 371 g/mol. The van der Waals surface area contributed by atoms with Crippen LogP contribution in [0.15, 0.2) is 30.3 Å². The van der Waals surface area contributed by atoms with Crippen molar-refractivity contribution in [3.63, 3.8) is 0 Å². The van der Waals surface area contributed by atoms with Gasteiger partial charge in [-0.05, 0) is 69.9 Å². The fourth-order valence-electron chi connectivity index (χ4n) is 4.80. The largest absolute Gasteiger partial charge is 0.349 e. The Bertz CT molecular complexity index is 894. The van der Waals surface area contributed by atoms with Gasteiger partial charge in [0.2, 0.25) is 5.91 Å². The molecular formula is C22H27FN4O2. The lowest BCUT2D eigenvalue weighted by Gasteiger charge is -2.39. The first-order valence-corrected chi connectivity index (χ1v) is 10.3. The number of fused-ring (bicyclic) bond motifs is 2. The Balaban J connectivity index is 1.33. The number of aryl methyl sites for hydroxylation is 3. The van der Waals surface area contributed by atoms with Gasteiger partial charge < -0.3 is 10.2 Å². The summed E-state index contributed by atoms with van der Waals surface area (Å²) in [6.07, 6.45) is 3.96. The molecule has 2 bridgehead atoms. The second kappa shape index (κ2) is 7.97. The van der Waals surface area contributed by atoms with Crippen LogP contribution in [-0.4, -0.2) is 44.6 Å². The number of carbonyl (C=O) groups excluding carboxylic acids is 2. The Morgan fingerprint density at radius 3 is 2.38 bits per heavy atom. The zero-order chi connectivity index (χ0) is 20.5. The van der Waals surface area contributed by atoms with Crippen molar-refractivity contribution in [1.82, 2.24) is 20.0 Å². The van der Waals surface area contributed by atoms with Crippen LogP contribution in [0.1, 0.15) is 53.8 Å². The summed E-state index contributed by atoms with van der Waals surface area (Å²) in [5.74, 6) is -0.362. The summed E-state index contributed by atoms with van der Waals surface area (Å²) >= 11 is 0. The van der Waals surface area contributed by atoms with Crippen LogP contribution in [0.2, 0.25) is 0 Å². The lowest BCUT2D eigenvalue weighted by molar-refractivity contribution is -0.136. The summed E-state index contributed by atoms with van der Waals surface area (Å²) < 4.78 is 15.0. The van der Waals surface area contributed by atoms with Crippen molar-refractivity contribution < 1.29 is 14.0 Å². The minimum atomic E-state index is -0.355. The number of carbonyl (C=O) groups is 2. The molecule has 0 radical (unpaired) electrons. The lowest BCUT2D eigenvalue weighted by Crippen LogP contribution is -2.52. The third-order valence-corrected chi connectivity index (χ3v) is 6.10. The Morgan fingerprint density at radius 2 is 1.79 bits per heavy atom. The third kappa shape index (κ3) is 4.18. The fraction of sp³-hybridized carbons (Fsp3) is 0.500. The van der Waals surface area contributed by atoms with Gasteiger partial charge in [0.05, 0.1) is 5.69 Å². The van der Waals surface area contributed by atoms with Gasteiger partial charge in [0.25, 0.3) is 5.91 Å². The molecule has 0 aliphatic carbocycles. The highest BCUT2D eigenvalue weighted by Gasteiger charge is 2.43. The molecule has 1 N–H and O–H groups in total. The van der Waals surface area contributed by atoms with Gasteiger partial charge in [-0.2, -0.15) is 5.10 Å². The van der Waals surface area contributed by atoms with Gasteiger partial charge in [0, 0.05) is 42.3 Å². The standard InChI is InChI=1S/C22H27FN4O2/c1-14-11-15(2)26(25-14)10-9-21(28)27-19-7-8-20(27)13-18(12-19)24-22(29)16-3-5-17(23)6-4-16/h3-6,11,18-20H,7-10,12-13H2,1-2H3,(H,24,29)/t18?,19-,20+.